The molecule has 1 aliphatic rings. The van der Waals surface area contributed by atoms with Crippen LogP contribution in [0.1, 0.15) is 34.1 Å². The van der Waals surface area contributed by atoms with E-state index >= 15 is 0 Å². The van der Waals surface area contributed by atoms with E-state index in [0.717, 1.165) is 12.1 Å². The number of ether oxygens (including phenoxy) is 1. The molecule has 0 heterocycles. The Balaban J connectivity index is 2.66. The maximum absolute atomic E-state index is 12.2. The number of fused-ring (bicyclic) bond motifs is 1. The van der Waals surface area contributed by atoms with Crippen LogP contribution in [0.3, 0.4) is 0 Å². The molecule has 0 saturated carbocycles. The molecule has 0 saturated heterocycles. The summed E-state index contributed by atoms with van der Waals surface area (Å²) < 4.78 is 4.82. The van der Waals surface area contributed by atoms with Gasteiger partial charge < -0.3 is 14.9 Å². The van der Waals surface area contributed by atoms with Gasteiger partial charge in [0.05, 0.1) is 18.2 Å². The van der Waals surface area contributed by atoms with Gasteiger partial charge in [0.1, 0.15) is 11.5 Å². The minimum absolute atomic E-state index is 0.00475. The average molecular weight is 276 g/mol. The van der Waals surface area contributed by atoms with Gasteiger partial charge in [0.15, 0.2) is 23.1 Å². The highest BCUT2D eigenvalue weighted by atomic mass is 16.5. The number of phenolic OH excluding ortho intramolecular Hbond substituents is 2. The molecule has 1 aromatic carbocycles. The lowest BCUT2D eigenvalue weighted by molar-refractivity contribution is -0.116. The molecule has 2 rings (SSSR count). The van der Waals surface area contributed by atoms with E-state index in [-0.39, 0.29) is 34.7 Å². The van der Waals surface area contributed by atoms with Crippen LogP contribution >= 0.6 is 0 Å². The highest BCUT2D eigenvalue weighted by Crippen LogP contribution is 2.41. The van der Waals surface area contributed by atoms with Crippen molar-refractivity contribution >= 4 is 17.3 Å². The Bertz CT molecular complexity index is 669. The Morgan fingerprint density at radius 2 is 1.90 bits per heavy atom. The molecule has 0 amide bonds. The molecule has 0 spiro atoms. The summed E-state index contributed by atoms with van der Waals surface area (Å²) in [7, 11) is 1.26. The van der Waals surface area contributed by atoms with E-state index in [2.05, 4.69) is 0 Å². The van der Waals surface area contributed by atoms with Gasteiger partial charge >= 0.3 is 0 Å². The van der Waals surface area contributed by atoms with Gasteiger partial charge in [-0.2, -0.15) is 0 Å². The quantitative estimate of drug-likeness (QED) is 0.809. The summed E-state index contributed by atoms with van der Waals surface area (Å²) in [5.41, 5.74) is -0.610. The van der Waals surface area contributed by atoms with Gasteiger partial charge in [-0.15, -0.1) is 0 Å². The zero-order valence-corrected chi connectivity index (χ0v) is 10.9. The van der Waals surface area contributed by atoms with Crippen molar-refractivity contribution in [3.8, 4) is 17.2 Å². The monoisotopic (exact) mass is 276 g/mol. The van der Waals surface area contributed by atoms with Crippen molar-refractivity contribution in [1.82, 2.24) is 0 Å². The largest absolute Gasteiger partial charge is 0.507 e. The molecule has 104 valence electrons. The smallest absolute Gasteiger partial charge is 0.194 e. The van der Waals surface area contributed by atoms with Crippen LogP contribution in [0.4, 0.5) is 0 Å². The molecule has 0 fully saturated rings. The number of allylic oxidation sites excluding steroid dienone is 2. The highest BCUT2D eigenvalue weighted by molar-refractivity contribution is 6.27. The van der Waals surface area contributed by atoms with Gasteiger partial charge in [-0.1, -0.05) is 0 Å². The third kappa shape index (κ3) is 2.05. The van der Waals surface area contributed by atoms with E-state index in [0.29, 0.717) is 0 Å². The fourth-order valence-electron chi connectivity index (χ4n) is 2.12. The number of Topliss-reactive ketones (excluding diaryl/α,β-unsaturated/α-hetero) is 2. The normalized spacial score (nSPS) is 13.8. The second-order valence-electron chi connectivity index (χ2n) is 4.44. The number of carbonyl (C=O) groups excluding carboxylic acids is 3. The van der Waals surface area contributed by atoms with Crippen molar-refractivity contribution in [2.24, 2.45) is 0 Å². The van der Waals surface area contributed by atoms with Crippen molar-refractivity contribution in [3.05, 3.63) is 28.8 Å². The second-order valence-corrected chi connectivity index (χ2v) is 4.44. The molecule has 6 heteroatoms. The summed E-state index contributed by atoms with van der Waals surface area (Å²) in [5.74, 6) is -2.66. The molecule has 0 radical (unpaired) electrons. The number of carbonyl (C=O) groups is 3. The lowest BCUT2D eigenvalue weighted by Crippen LogP contribution is -2.19. The fourth-order valence-corrected chi connectivity index (χ4v) is 2.12. The third-order valence-electron chi connectivity index (χ3n) is 2.97. The van der Waals surface area contributed by atoms with Crippen LogP contribution in [0, 0.1) is 0 Å². The highest BCUT2D eigenvalue weighted by Gasteiger charge is 2.33. The molecule has 0 atom stereocenters. The Morgan fingerprint density at radius 3 is 2.45 bits per heavy atom. The van der Waals surface area contributed by atoms with Gasteiger partial charge in [-0.25, -0.2) is 0 Å². The summed E-state index contributed by atoms with van der Waals surface area (Å²) in [6.07, 6.45) is 0.806. The van der Waals surface area contributed by atoms with E-state index < -0.39 is 23.1 Å². The number of rotatable bonds is 3. The van der Waals surface area contributed by atoms with Crippen molar-refractivity contribution in [3.63, 3.8) is 0 Å². The van der Waals surface area contributed by atoms with Crippen LogP contribution in [0.5, 0.6) is 17.2 Å². The summed E-state index contributed by atoms with van der Waals surface area (Å²) in [6.45, 7) is 1.29. The Labute approximate surface area is 114 Å². The lowest BCUT2D eigenvalue weighted by Gasteiger charge is -2.18. The van der Waals surface area contributed by atoms with E-state index in [1.54, 1.807) is 0 Å². The van der Waals surface area contributed by atoms with Crippen LogP contribution < -0.4 is 4.74 Å². The van der Waals surface area contributed by atoms with Crippen LogP contribution in [0.2, 0.25) is 0 Å². The SMILES string of the molecule is COc1cc(O)c2c(c1O)C(=O)C=C(CC(C)=O)C2=O. The van der Waals surface area contributed by atoms with Crippen molar-refractivity contribution in [1.29, 1.82) is 0 Å². The molecule has 6 nitrogen and oxygen atoms in total. The first kappa shape index (κ1) is 13.8. The standard InChI is InChI=1S/C14H12O6/c1-6(15)3-7-4-8(16)12-11(13(7)18)9(17)5-10(20-2)14(12)19/h4-5,17,19H,3H2,1-2H3. The molecule has 2 N–H and O–H groups in total. The summed E-state index contributed by atoms with van der Waals surface area (Å²) in [4.78, 5) is 35.3. The molecule has 1 aromatic rings. The number of ketones is 3. The fraction of sp³-hybridized carbons (Fsp3) is 0.214. The molecule has 0 bridgehead atoms. The van der Waals surface area contributed by atoms with Crippen molar-refractivity contribution < 1.29 is 29.3 Å². The molecule has 0 aliphatic heterocycles. The minimum atomic E-state index is -0.650. The Hall–Kier alpha value is -2.63. The number of phenols is 2. The number of aromatic hydroxyl groups is 2. The number of hydrogen-bond acceptors (Lipinski definition) is 6. The van der Waals surface area contributed by atoms with E-state index in [1.165, 1.54) is 14.0 Å². The third-order valence-corrected chi connectivity index (χ3v) is 2.97. The van der Waals surface area contributed by atoms with E-state index in [4.69, 9.17) is 4.74 Å². The zero-order valence-electron chi connectivity index (χ0n) is 10.9. The average Bonchev–Trinajstić information content (AvgIpc) is 2.37. The van der Waals surface area contributed by atoms with Gasteiger partial charge in [0, 0.05) is 18.1 Å². The Morgan fingerprint density at radius 1 is 1.25 bits per heavy atom. The maximum atomic E-state index is 12.2. The van der Waals surface area contributed by atoms with Crippen LogP contribution in [0.15, 0.2) is 17.7 Å². The van der Waals surface area contributed by atoms with Gasteiger partial charge in [-0.05, 0) is 13.0 Å². The number of hydrogen-bond donors (Lipinski definition) is 2. The Kier molecular flexibility index (Phi) is 3.31. The summed E-state index contributed by atoms with van der Waals surface area (Å²) in [5, 5.41) is 19.8. The predicted molar refractivity (Wildman–Crippen MR) is 68.4 cm³/mol. The lowest BCUT2D eigenvalue weighted by atomic mass is 9.86. The maximum Gasteiger partial charge on any atom is 0.194 e. The second kappa shape index (κ2) is 4.80. The number of benzene rings is 1. The summed E-state index contributed by atoms with van der Waals surface area (Å²) in [6, 6.07) is 1.05. The first-order chi connectivity index (χ1) is 9.36. The van der Waals surface area contributed by atoms with Crippen LogP contribution in [-0.4, -0.2) is 34.7 Å². The zero-order chi connectivity index (χ0) is 15.0. The molecular weight excluding hydrogens is 264 g/mol. The molecular formula is C14H12O6. The molecule has 0 aromatic heterocycles. The molecule has 0 unspecified atom stereocenters. The van der Waals surface area contributed by atoms with Crippen LogP contribution in [0.25, 0.3) is 0 Å². The van der Waals surface area contributed by atoms with Gasteiger partial charge in [0.2, 0.25) is 0 Å². The number of methoxy groups -OCH3 is 1. The minimum Gasteiger partial charge on any atom is -0.507 e. The first-order valence-electron chi connectivity index (χ1n) is 5.78. The van der Waals surface area contributed by atoms with E-state index in [1.807, 2.05) is 0 Å². The topological polar surface area (TPSA) is 101 Å². The van der Waals surface area contributed by atoms with E-state index in [9.17, 15) is 24.6 Å². The van der Waals surface area contributed by atoms with Gasteiger partial charge in [0.25, 0.3) is 0 Å². The molecule has 1 aliphatic carbocycles. The summed E-state index contributed by atoms with van der Waals surface area (Å²) >= 11 is 0. The first-order valence-corrected chi connectivity index (χ1v) is 5.78. The van der Waals surface area contributed by atoms with Crippen molar-refractivity contribution in [2.45, 2.75) is 13.3 Å². The van der Waals surface area contributed by atoms with Gasteiger partial charge in [-0.3, -0.25) is 14.4 Å². The molecule has 20 heavy (non-hydrogen) atoms. The van der Waals surface area contributed by atoms with Crippen molar-refractivity contribution in [2.75, 3.05) is 7.11 Å². The predicted octanol–water partition coefficient (Wildman–Crippen LogP) is 1.39. The van der Waals surface area contributed by atoms with Crippen LogP contribution in [-0.2, 0) is 4.79 Å².